The normalized spacial score (nSPS) is 18.1. The van der Waals surface area contributed by atoms with Crippen LogP contribution in [0.15, 0.2) is 53.4 Å². The number of halogens is 2. The summed E-state index contributed by atoms with van der Waals surface area (Å²) < 4.78 is 27.1. The van der Waals surface area contributed by atoms with Crippen LogP contribution in [0.25, 0.3) is 6.08 Å². The van der Waals surface area contributed by atoms with Crippen molar-refractivity contribution in [1.82, 2.24) is 4.31 Å². The largest absolute Gasteiger partial charge is 0.323 e. The molecule has 0 saturated carbocycles. The van der Waals surface area contributed by atoms with Crippen molar-refractivity contribution >= 4 is 50.9 Å². The molecule has 8 heteroatoms. The Hall–Kier alpha value is -1.86. The quantitative estimate of drug-likeness (QED) is 0.644. The summed E-state index contributed by atoms with van der Waals surface area (Å²) in [6.45, 7) is 3.15. The number of nitrogens with zero attached hydrogens (tertiary/aromatic N) is 1. The van der Waals surface area contributed by atoms with Gasteiger partial charge in [0.05, 0.1) is 4.90 Å². The molecule has 0 spiro atoms. The molecule has 5 nitrogen and oxygen atoms in total. The molecule has 1 aliphatic heterocycles. The number of nitrogens with one attached hydrogen (secondary N) is 1. The van der Waals surface area contributed by atoms with Gasteiger partial charge in [-0.1, -0.05) is 36.2 Å². The Kier molecular flexibility index (Phi) is 7.01. The Labute approximate surface area is 181 Å². The van der Waals surface area contributed by atoms with E-state index in [1.807, 2.05) is 0 Å². The fourth-order valence-electron chi connectivity index (χ4n) is 3.21. The Morgan fingerprint density at radius 3 is 2.55 bits per heavy atom. The third-order valence-electron chi connectivity index (χ3n) is 4.76. The maximum atomic E-state index is 12.8. The number of amides is 1. The average Bonchev–Trinajstić information content (AvgIpc) is 2.68. The average molecular weight is 453 g/mol. The lowest BCUT2D eigenvalue weighted by Gasteiger charge is -2.30. The summed E-state index contributed by atoms with van der Waals surface area (Å²) in [6, 6.07) is 11.2. The van der Waals surface area contributed by atoms with Crippen molar-refractivity contribution in [2.45, 2.75) is 24.7 Å². The molecule has 0 aromatic heterocycles. The van der Waals surface area contributed by atoms with E-state index in [2.05, 4.69) is 12.2 Å². The summed E-state index contributed by atoms with van der Waals surface area (Å²) in [5.41, 5.74) is 1.18. The number of hydrogen-bond acceptors (Lipinski definition) is 3. The van der Waals surface area contributed by atoms with Gasteiger partial charge in [-0.2, -0.15) is 4.31 Å². The van der Waals surface area contributed by atoms with E-state index in [9.17, 15) is 13.2 Å². The van der Waals surface area contributed by atoms with Gasteiger partial charge in [0, 0.05) is 34.9 Å². The van der Waals surface area contributed by atoms with Crippen LogP contribution in [0.2, 0.25) is 10.0 Å². The zero-order chi connectivity index (χ0) is 21.0. The molecule has 1 N–H and O–H groups in total. The summed E-state index contributed by atoms with van der Waals surface area (Å²) in [5.74, 6) is 0.00879. The minimum Gasteiger partial charge on any atom is -0.323 e. The zero-order valence-corrected chi connectivity index (χ0v) is 18.3. The number of anilines is 1. The second-order valence-electron chi connectivity index (χ2n) is 7.12. The van der Waals surface area contributed by atoms with Gasteiger partial charge in [0.1, 0.15) is 0 Å². The minimum absolute atomic E-state index is 0.230. The number of benzene rings is 2. The molecule has 2 aromatic rings. The van der Waals surface area contributed by atoms with Gasteiger partial charge in [-0.05, 0) is 66.8 Å². The third-order valence-corrected chi connectivity index (χ3v) is 7.20. The monoisotopic (exact) mass is 452 g/mol. The van der Waals surface area contributed by atoms with Crippen molar-refractivity contribution in [2.24, 2.45) is 5.92 Å². The van der Waals surface area contributed by atoms with Crippen molar-refractivity contribution < 1.29 is 13.2 Å². The highest BCUT2D eigenvalue weighted by Gasteiger charge is 2.28. The highest BCUT2D eigenvalue weighted by atomic mass is 35.5. The topological polar surface area (TPSA) is 66.5 Å². The van der Waals surface area contributed by atoms with Crippen LogP contribution in [0.3, 0.4) is 0 Å². The van der Waals surface area contributed by atoms with Crippen LogP contribution in [-0.4, -0.2) is 31.7 Å². The van der Waals surface area contributed by atoms with E-state index in [-0.39, 0.29) is 10.8 Å². The van der Waals surface area contributed by atoms with Crippen LogP contribution in [0, 0.1) is 5.92 Å². The lowest BCUT2D eigenvalue weighted by molar-refractivity contribution is -0.111. The Morgan fingerprint density at radius 1 is 1.17 bits per heavy atom. The third kappa shape index (κ3) is 5.60. The van der Waals surface area contributed by atoms with Gasteiger partial charge in [0.15, 0.2) is 0 Å². The molecule has 0 unspecified atom stereocenters. The Balaban J connectivity index is 1.65. The van der Waals surface area contributed by atoms with E-state index in [1.54, 1.807) is 36.4 Å². The molecule has 1 atom stereocenters. The lowest BCUT2D eigenvalue weighted by Crippen LogP contribution is -2.39. The molecular formula is C21H22Cl2N2O3S. The Bertz CT molecular complexity index is 1020. The second-order valence-corrected chi connectivity index (χ2v) is 9.90. The molecule has 1 amide bonds. The van der Waals surface area contributed by atoms with Crippen molar-refractivity contribution in [3.8, 4) is 0 Å². The van der Waals surface area contributed by atoms with Crippen LogP contribution in [-0.2, 0) is 14.8 Å². The van der Waals surface area contributed by atoms with E-state index in [1.165, 1.54) is 22.5 Å². The van der Waals surface area contributed by atoms with Crippen LogP contribution >= 0.6 is 23.2 Å². The van der Waals surface area contributed by atoms with Gasteiger partial charge >= 0.3 is 0 Å². The van der Waals surface area contributed by atoms with E-state index in [4.69, 9.17) is 23.2 Å². The Morgan fingerprint density at radius 2 is 1.90 bits per heavy atom. The van der Waals surface area contributed by atoms with Crippen molar-refractivity contribution in [2.75, 3.05) is 18.4 Å². The fraction of sp³-hybridized carbons (Fsp3) is 0.286. The molecule has 1 saturated heterocycles. The molecule has 0 aliphatic carbocycles. The standard InChI is InChI=1S/C21H22Cl2N2O3S/c1-15-3-2-12-25(14-15)29(27,28)19-9-7-18(8-10-19)24-21(26)11-5-16-4-6-17(22)13-20(16)23/h4-11,13,15H,2-3,12,14H2,1H3,(H,24,26)/b11-5+/t15-/m0/s1. The summed E-state index contributed by atoms with van der Waals surface area (Å²) >= 11 is 11.9. The molecule has 3 rings (SSSR count). The first-order chi connectivity index (χ1) is 13.8. The lowest BCUT2D eigenvalue weighted by atomic mass is 10.0. The molecule has 0 bridgehead atoms. The van der Waals surface area contributed by atoms with E-state index < -0.39 is 10.0 Å². The summed E-state index contributed by atoms with van der Waals surface area (Å²) in [4.78, 5) is 12.4. The number of piperidine rings is 1. The molecule has 1 heterocycles. The predicted molar refractivity (Wildman–Crippen MR) is 118 cm³/mol. The first-order valence-corrected chi connectivity index (χ1v) is 11.5. The fourth-order valence-corrected chi connectivity index (χ4v) is 5.28. The van der Waals surface area contributed by atoms with Crippen LogP contribution in [0.4, 0.5) is 5.69 Å². The zero-order valence-electron chi connectivity index (χ0n) is 15.9. The van der Waals surface area contributed by atoms with Gasteiger partial charge < -0.3 is 5.32 Å². The maximum Gasteiger partial charge on any atom is 0.248 e. The molecule has 1 aliphatic rings. The summed E-state index contributed by atoms with van der Waals surface area (Å²) in [7, 11) is -3.51. The van der Waals surface area contributed by atoms with E-state index in [0.29, 0.717) is 40.3 Å². The van der Waals surface area contributed by atoms with Crippen molar-refractivity contribution in [3.63, 3.8) is 0 Å². The van der Waals surface area contributed by atoms with Crippen molar-refractivity contribution in [1.29, 1.82) is 0 Å². The molecule has 29 heavy (non-hydrogen) atoms. The van der Waals surface area contributed by atoms with Gasteiger partial charge in [-0.15, -0.1) is 0 Å². The molecule has 0 radical (unpaired) electrons. The number of carbonyl (C=O) groups excluding carboxylic acids is 1. The van der Waals surface area contributed by atoms with Gasteiger partial charge in [-0.3, -0.25) is 4.79 Å². The van der Waals surface area contributed by atoms with Crippen LogP contribution in [0.5, 0.6) is 0 Å². The highest BCUT2D eigenvalue weighted by Crippen LogP contribution is 2.25. The summed E-state index contributed by atoms with van der Waals surface area (Å²) in [6.07, 6.45) is 4.86. The molecule has 2 aromatic carbocycles. The van der Waals surface area contributed by atoms with Gasteiger partial charge in [0.2, 0.25) is 15.9 Å². The van der Waals surface area contributed by atoms with Gasteiger partial charge in [0.25, 0.3) is 0 Å². The first kappa shape index (κ1) is 21.8. The maximum absolute atomic E-state index is 12.8. The smallest absolute Gasteiger partial charge is 0.248 e. The minimum atomic E-state index is -3.51. The second kappa shape index (κ2) is 9.30. The number of carbonyl (C=O) groups is 1. The molecule has 1 fully saturated rings. The first-order valence-electron chi connectivity index (χ1n) is 9.30. The van der Waals surface area contributed by atoms with Crippen LogP contribution in [0.1, 0.15) is 25.3 Å². The number of rotatable bonds is 5. The highest BCUT2D eigenvalue weighted by molar-refractivity contribution is 7.89. The SMILES string of the molecule is C[C@H]1CCCN(S(=O)(=O)c2ccc(NC(=O)/C=C/c3ccc(Cl)cc3Cl)cc2)C1. The molecule has 154 valence electrons. The number of hydrogen-bond donors (Lipinski definition) is 1. The van der Waals surface area contributed by atoms with E-state index >= 15 is 0 Å². The summed E-state index contributed by atoms with van der Waals surface area (Å²) in [5, 5.41) is 3.67. The van der Waals surface area contributed by atoms with Gasteiger partial charge in [-0.25, -0.2) is 8.42 Å². The van der Waals surface area contributed by atoms with Crippen molar-refractivity contribution in [3.05, 3.63) is 64.1 Å². The molecular weight excluding hydrogens is 431 g/mol. The predicted octanol–water partition coefficient (Wildman–Crippen LogP) is 5.07. The van der Waals surface area contributed by atoms with E-state index in [0.717, 1.165) is 12.8 Å². The van der Waals surface area contributed by atoms with Crippen LogP contribution < -0.4 is 5.32 Å². The number of sulfonamides is 1.